The Balaban J connectivity index is 1.67. The number of primary amides is 1. The van der Waals surface area contributed by atoms with Crippen molar-refractivity contribution in [1.29, 1.82) is 0 Å². The molecule has 3 heterocycles. The number of aromatic nitrogens is 5. The van der Waals surface area contributed by atoms with Crippen molar-refractivity contribution < 1.29 is 18.7 Å². The predicted octanol–water partition coefficient (Wildman–Crippen LogP) is 3.27. The molecule has 4 rings (SSSR count). The summed E-state index contributed by atoms with van der Waals surface area (Å²) in [4.78, 5) is 18.0. The lowest BCUT2D eigenvalue weighted by Crippen LogP contribution is -2.16. The Morgan fingerprint density at radius 2 is 1.94 bits per heavy atom. The molecule has 3 aromatic heterocycles. The van der Waals surface area contributed by atoms with Crippen molar-refractivity contribution in [3.63, 3.8) is 0 Å². The summed E-state index contributed by atoms with van der Waals surface area (Å²) in [5.41, 5.74) is 4.58. The fourth-order valence-electron chi connectivity index (χ4n) is 3.27. The standard InChI is InChI=1S/C22H21F2N7O2S/c1-22(2,33)11-7-14(23)19(15(24)8-11)16-10-13(20(25)32)21(34-16)27-17-6-4-5-12(26-17)9-18-28-30-31(3)29-18/h4-8,10,33H,9H2,1-3H3,(H2,25,32)(H,26,27). The van der Waals surface area contributed by atoms with Crippen LogP contribution in [0.5, 0.6) is 0 Å². The normalized spacial score (nSPS) is 11.6. The van der Waals surface area contributed by atoms with Gasteiger partial charge < -0.3 is 16.2 Å². The van der Waals surface area contributed by atoms with E-state index in [-0.39, 0.29) is 26.6 Å². The molecule has 176 valence electrons. The first-order valence-corrected chi connectivity index (χ1v) is 10.9. The third-order valence-electron chi connectivity index (χ3n) is 4.93. The van der Waals surface area contributed by atoms with Crippen LogP contribution in [0.3, 0.4) is 0 Å². The molecule has 0 bridgehead atoms. The highest BCUT2D eigenvalue weighted by atomic mass is 32.1. The smallest absolute Gasteiger partial charge is 0.251 e. The molecule has 0 saturated heterocycles. The summed E-state index contributed by atoms with van der Waals surface area (Å²) in [5, 5.41) is 25.2. The van der Waals surface area contributed by atoms with Crippen LogP contribution in [0.2, 0.25) is 0 Å². The van der Waals surface area contributed by atoms with Crippen molar-refractivity contribution in [2.75, 3.05) is 5.32 Å². The molecular weight excluding hydrogens is 464 g/mol. The number of anilines is 2. The van der Waals surface area contributed by atoms with Crippen molar-refractivity contribution in [2.24, 2.45) is 12.8 Å². The van der Waals surface area contributed by atoms with E-state index in [0.29, 0.717) is 23.8 Å². The summed E-state index contributed by atoms with van der Waals surface area (Å²) in [5.74, 6) is -1.60. The van der Waals surface area contributed by atoms with E-state index in [2.05, 4.69) is 25.7 Å². The van der Waals surface area contributed by atoms with Crippen LogP contribution < -0.4 is 11.1 Å². The highest BCUT2D eigenvalue weighted by Crippen LogP contribution is 2.40. The van der Waals surface area contributed by atoms with Crippen LogP contribution in [-0.4, -0.2) is 36.2 Å². The van der Waals surface area contributed by atoms with Gasteiger partial charge in [-0.15, -0.1) is 21.5 Å². The number of amides is 1. The maximum absolute atomic E-state index is 14.8. The van der Waals surface area contributed by atoms with Gasteiger partial charge in [-0.05, 0) is 55.0 Å². The number of hydrogen-bond donors (Lipinski definition) is 3. The number of tetrazole rings is 1. The lowest BCUT2D eigenvalue weighted by atomic mass is 9.96. The van der Waals surface area contributed by atoms with E-state index in [1.54, 1.807) is 25.2 Å². The fourth-order valence-corrected chi connectivity index (χ4v) is 4.39. The number of nitrogens with zero attached hydrogens (tertiary/aromatic N) is 5. The van der Waals surface area contributed by atoms with Crippen molar-refractivity contribution in [3.8, 4) is 10.4 Å². The third-order valence-corrected chi connectivity index (χ3v) is 6.00. The van der Waals surface area contributed by atoms with Crippen LogP contribution in [0.1, 0.15) is 41.3 Å². The third kappa shape index (κ3) is 4.92. The number of carbonyl (C=O) groups is 1. The fraction of sp³-hybridized carbons (Fsp3) is 0.227. The van der Waals surface area contributed by atoms with Crippen molar-refractivity contribution in [2.45, 2.75) is 25.9 Å². The number of nitrogens with two attached hydrogens (primary N) is 1. The first kappa shape index (κ1) is 23.4. The Hall–Kier alpha value is -3.77. The van der Waals surface area contributed by atoms with Crippen LogP contribution in [0.25, 0.3) is 10.4 Å². The van der Waals surface area contributed by atoms with Crippen molar-refractivity contribution >= 4 is 28.1 Å². The van der Waals surface area contributed by atoms with Crippen LogP contribution in [0.15, 0.2) is 36.4 Å². The molecule has 4 aromatic rings. The summed E-state index contributed by atoms with van der Waals surface area (Å²) >= 11 is 0.958. The zero-order valence-corrected chi connectivity index (χ0v) is 19.3. The average Bonchev–Trinajstić information content (AvgIpc) is 3.33. The van der Waals surface area contributed by atoms with Gasteiger partial charge in [0.05, 0.1) is 35.9 Å². The topological polar surface area (TPSA) is 132 Å². The number of rotatable bonds is 7. The van der Waals surface area contributed by atoms with E-state index >= 15 is 0 Å². The summed E-state index contributed by atoms with van der Waals surface area (Å²) in [6.45, 7) is 2.86. The zero-order chi connectivity index (χ0) is 24.6. The van der Waals surface area contributed by atoms with Gasteiger partial charge in [0.2, 0.25) is 0 Å². The number of halogens is 2. The lowest BCUT2D eigenvalue weighted by molar-refractivity contribution is 0.0778. The summed E-state index contributed by atoms with van der Waals surface area (Å²) < 4.78 is 29.7. The van der Waals surface area contributed by atoms with Gasteiger partial charge in [-0.25, -0.2) is 13.8 Å². The number of aliphatic hydroxyl groups is 1. The van der Waals surface area contributed by atoms with Gasteiger partial charge in [0.1, 0.15) is 22.5 Å². The minimum Gasteiger partial charge on any atom is -0.386 e. The molecule has 9 nitrogen and oxygen atoms in total. The number of aryl methyl sites for hydroxylation is 1. The molecule has 34 heavy (non-hydrogen) atoms. The SMILES string of the molecule is Cn1nnc(Cc2cccc(Nc3sc(-c4c(F)cc(C(C)(C)O)cc4F)cc3C(N)=O)n2)n1. The van der Waals surface area contributed by atoms with Crippen LogP contribution in [0.4, 0.5) is 19.6 Å². The van der Waals surface area contributed by atoms with E-state index in [0.717, 1.165) is 23.5 Å². The molecule has 4 N–H and O–H groups in total. The van der Waals surface area contributed by atoms with E-state index in [1.165, 1.54) is 24.7 Å². The Labute approximate surface area is 197 Å². The summed E-state index contributed by atoms with van der Waals surface area (Å²) in [7, 11) is 1.66. The van der Waals surface area contributed by atoms with Crippen LogP contribution in [-0.2, 0) is 19.1 Å². The highest BCUT2D eigenvalue weighted by Gasteiger charge is 2.24. The first-order chi connectivity index (χ1) is 16.0. The van der Waals surface area contributed by atoms with E-state index in [1.807, 2.05) is 0 Å². The average molecular weight is 486 g/mol. The number of benzene rings is 1. The maximum atomic E-state index is 14.8. The molecular formula is C22H21F2N7O2S. The van der Waals surface area contributed by atoms with Gasteiger partial charge in [0, 0.05) is 4.88 Å². The molecule has 1 amide bonds. The second-order valence-electron chi connectivity index (χ2n) is 8.10. The Kier molecular flexibility index (Phi) is 6.11. The number of hydrogen-bond acceptors (Lipinski definition) is 8. The highest BCUT2D eigenvalue weighted by molar-refractivity contribution is 7.20. The van der Waals surface area contributed by atoms with Gasteiger partial charge in [-0.1, -0.05) is 6.07 Å². The van der Waals surface area contributed by atoms with Gasteiger partial charge >= 0.3 is 0 Å². The molecule has 0 atom stereocenters. The first-order valence-electron chi connectivity index (χ1n) is 10.1. The number of pyridine rings is 1. The maximum Gasteiger partial charge on any atom is 0.251 e. The summed E-state index contributed by atoms with van der Waals surface area (Å²) in [6.07, 6.45) is 0.339. The molecule has 0 spiro atoms. The molecule has 12 heteroatoms. The monoisotopic (exact) mass is 485 g/mol. The molecule has 1 aromatic carbocycles. The van der Waals surface area contributed by atoms with Crippen molar-refractivity contribution in [3.05, 3.63) is 70.7 Å². The quantitative estimate of drug-likeness (QED) is 0.366. The second kappa shape index (κ2) is 8.88. The molecule has 0 aliphatic heterocycles. The lowest BCUT2D eigenvalue weighted by Gasteiger charge is -2.18. The zero-order valence-electron chi connectivity index (χ0n) is 18.5. The minimum absolute atomic E-state index is 0.0631. The van der Waals surface area contributed by atoms with E-state index < -0.39 is 23.1 Å². The number of nitrogens with one attached hydrogen (secondary N) is 1. The molecule has 0 saturated carbocycles. The number of carbonyl (C=O) groups excluding carboxylic acids is 1. The minimum atomic E-state index is -1.42. The Morgan fingerprint density at radius 3 is 2.53 bits per heavy atom. The van der Waals surface area contributed by atoms with Gasteiger partial charge in [0.15, 0.2) is 5.82 Å². The van der Waals surface area contributed by atoms with E-state index in [4.69, 9.17) is 5.73 Å². The molecule has 0 unspecified atom stereocenters. The van der Waals surface area contributed by atoms with Crippen molar-refractivity contribution in [1.82, 2.24) is 25.2 Å². The van der Waals surface area contributed by atoms with Gasteiger partial charge in [-0.3, -0.25) is 4.79 Å². The van der Waals surface area contributed by atoms with Crippen LogP contribution >= 0.6 is 11.3 Å². The molecule has 0 aliphatic carbocycles. The Bertz CT molecular complexity index is 1350. The van der Waals surface area contributed by atoms with E-state index in [9.17, 15) is 18.7 Å². The summed E-state index contributed by atoms with van der Waals surface area (Å²) in [6, 6.07) is 8.69. The second-order valence-corrected chi connectivity index (χ2v) is 9.15. The van der Waals surface area contributed by atoms with Crippen LogP contribution in [0, 0.1) is 11.6 Å². The molecule has 0 aliphatic rings. The number of thiophene rings is 1. The van der Waals surface area contributed by atoms with Gasteiger partial charge in [0.25, 0.3) is 5.91 Å². The predicted molar refractivity (Wildman–Crippen MR) is 123 cm³/mol. The largest absolute Gasteiger partial charge is 0.386 e. The van der Waals surface area contributed by atoms with Gasteiger partial charge in [-0.2, -0.15) is 4.80 Å². The molecule has 0 radical (unpaired) electrons. The molecule has 0 fully saturated rings. The Morgan fingerprint density at radius 1 is 1.24 bits per heavy atom.